The van der Waals surface area contributed by atoms with Crippen LogP contribution in [0.4, 0.5) is 0 Å². The molecule has 0 aromatic heterocycles. The quantitative estimate of drug-likeness (QED) is 0.324. The van der Waals surface area contributed by atoms with Crippen molar-refractivity contribution in [1.82, 2.24) is 0 Å². The fraction of sp³-hybridized carbons (Fsp3) is 0.667. The first kappa shape index (κ1) is 16.1. The average Bonchev–Trinajstić information content (AvgIpc) is 2.29. The summed E-state index contributed by atoms with van der Waals surface area (Å²) in [4.78, 5) is 0. The fourth-order valence-corrected chi connectivity index (χ4v) is 1.78. The molecule has 0 unspecified atom stereocenters. The molecule has 0 saturated heterocycles. The van der Waals surface area contributed by atoms with Crippen LogP contribution in [-0.2, 0) is 33.6 Å². The second kappa shape index (κ2) is 10.2. The molecule has 0 aliphatic rings. The number of rotatable bonds is 11. The zero-order valence-electron chi connectivity index (χ0n) is 10.0. The van der Waals surface area contributed by atoms with Crippen LogP contribution in [0.2, 0.25) is 0 Å². The zero-order valence-corrected chi connectivity index (χ0v) is 11.6. The summed E-state index contributed by atoms with van der Waals surface area (Å²) in [6, 6.07) is 0. The van der Waals surface area contributed by atoms with Gasteiger partial charge in [-0.2, -0.15) is 0 Å². The molecule has 0 aromatic carbocycles. The second-order valence-corrected chi connectivity index (χ2v) is 4.20. The van der Waals surface area contributed by atoms with Gasteiger partial charge in [0.1, 0.15) is 0 Å². The molecule has 0 aliphatic heterocycles. The van der Waals surface area contributed by atoms with Gasteiger partial charge in [0, 0.05) is 0 Å². The summed E-state index contributed by atoms with van der Waals surface area (Å²) >= 11 is 1.70. The molecular formula is C12H21O3Ti+3. The van der Waals surface area contributed by atoms with Crippen LogP contribution in [0.3, 0.4) is 0 Å². The first-order valence-electron chi connectivity index (χ1n) is 5.40. The van der Waals surface area contributed by atoms with Gasteiger partial charge in [-0.1, -0.05) is 0 Å². The predicted octanol–water partition coefficient (Wildman–Crippen LogP) is 2.27. The standard InChI is InChI=1S/C12H21O3.Ti/c1-4-7-14-10-12(6-3,9-13)11-15-8-5-2;/h4-5H,1-2,6-11H2,3H3;/q-1;+4. The Morgan fingerprint density at radius 1 is 1.06 bits per heavy atom. The zero-order chi connectivity index (χ0) is 12.3. The monoisotopic (exact) mass is 261 g/mol. The van der Waals surface area contributed by atoms with Gasteiger partial charge in [0.2, 0.25) is 0 Å². The molecule has 0 spiro atoms. The molecule has 0 heterocycles. The summed E-state index contributed by atoms with van der Waals surface area (Å²) in [7, 11) is 0. The van der Waals surface area contributed by atoms with E-state index < -0.39 is 0 Å². The van der Waals surface area contributed by atoms with Crippen molar-refractivity contribution in [2.45, 2.75) is 13.3 Å². The molecule has 3 nitrogen and oxygen atoms in total. The van der Waals surface area contributed by atoms with Crippen LogP contribution in [0.5, 0.6) is 0 Å². The van der Waals surface area contributed by atoms with Crippen LogP contribution in [0.25, 0.3) is 0 Å². The third-order valence-electron chi connectivity index (χ3n) is 2.42. The summed E-state index contributed by atoms with van der Waals surface area (Å²) in [6.45, 7) is 12.4. The van der Waals surface area contributed by atoms with Gasteiger partial charge in [-0.05, 0) is 0 Å². The number of ether oxygens (including phenoxy) is 2. The van der Waals surface area contributed by atoms with Crippen molar-refractivity contribution in [3.63, 3.8) is 0 Å². The Bertz CT molecular complexity index is 181. The van der Waals surface area contributed by atoms with Gasteiger partial charge in [0.15, 0.2) is 0 Å². The predicted molar refractivity (Wildman–Crippen MR) is 60.7 cm³/mol. The maximum atomic E-state index is 5.52. The SMILES string of the molecule is C=CCOCC(CC)(C[O][Ti+3])COCC=C. The Hall–Kier alpha value is 0.0743. The van der Waals surface area contributed by atoms with Gasteiger partial charge in [-0.3, -0.25) is 0 Å². The van der Waals surface area contributed by atoms with E-state index >= 15 is 0 Å². The summed E-state index contributed by atoms with van der Waals surface area (Å²) in [5, 5.41) is 0. The van der Waals surface area contributed by atoms with E-state index in [1.54, 1.807) is 33.0 Å². The van der Waals surface area contributed by atoms with E-state index in [4.69, 9.17) is 12.8 Å². The molecule has 0 aliphatic carbocycles. The first-order valence-corrected chi connectivity index (χ1v) is 6.04. The van der Waals surface area contributed by atoms with E-state index in [0.717, 1.165) is 6.42 Å². The molecule has 0 N–H and O–H groups in total. The first-order chi connectivity index (χ1) is 7.74. The topological polar surface area (TPSA) is 27.7 Å². The van der Waals surface area contributed by atoms with Gasteiger partial charge in [0.05, 0.1) is 0 Å². The molecule has 0 saturated carbocycles. The Kier molecular flexibility index (Phi) is 10.3. The van der Waals surface area contributed by atoms with Crippen LogP contribution < -0.4 is 0 Å². The molecule has 0 rings (SSSR count). The Morgan fingerprint density at radius 2 is 1.56 bits per heavy atom. The molecule has 0 bridgehead atoms. The van der Waals surface area contributed by atoms with E-state index in [1.807, 2.05) is 0 Å². The van der Waals surface area contributed by atoms with Crippen molar-refractivity contribution in [1.29, 1.82) is 0 Å². The van der Waals surface area contributed by atoms with E-state index in [-0.39, 0.29) is 5.41 Å². The molecule has 0 amide bonds. The van der Waals surface area contributed by atoms with Crippen molar-refractivity contribution in [2.75, 3.05) is 33.0 Å². The molecule has 16 heavy (non-hydrogen) atoms. The van der Waals surface area contributed by atoms with Gasteiger partial charge < -0.3 is 0 Å². The van der Waals surface area contributed by atoms with Crippen LogP contribution in [-0.4, -0.2) is 33.0 Å². The van der Waals surface area contributed by atoms with Gasteiger partial charge in [-0.25, -0.2) is 0 Å². The van der Waals surface area contributed by atoms with Crippen LogP contribution in [0.1, 0.15) is 13.3 Å². The van der Waals surface area contributed by atoms with E-state index in [1.165, 1.54) is 0 Å². The molecule has 0 fully saturated rings. The van der Waals surface area contributed by atoms with E-state index in [0.29, 0.717) is 33.0 Å². The maximum absolute atomic E-state index is 5.52. The number of hydrogen-bond acceptors (Lipinski definition) is 3. The molecule has 88 valence electrons. The van der Waals surface area contributed by atoms with Gasteiger partial charge in [0.25, 0.3) is 0 Å². The van der Waals surface area contributed by atoms with Crippen LogP contribution >= 0.6 is 0 Å². The van der Waals surface area contributed by atoms with Gasteiger partial charge >= 0.3 is 111 Å². The van der Waals surface area contributed by atoms with Crippen molar-refractivity contribution in [2.24, 2.45) is 5.41 Å². The minimum atomic E-state index is -0.0687. The Balaban J connectivity index is 4.18. The number of hydrogen-bond donors (Lipinski definition) is 0. The molecule has 0 aromatic rings. The summed E-state index contributed by atoms with van der Waals surface area (Å²) in [5.41, 5.74) is -0.0687. The van der Waals surface area contributed by atoms with Crippen LogP contribution in [0.15, 0.2) is 25.3 Å². The molecule has 0 radical (unpaired) electrons. The van der Waals surface area contributed by atoms with E-state index in [9.17, 15) is 0 Å². The summed E-state index contributed by atoms with van der Waals surface area (Å²) in [5.74, 6) is 0. The van der Waals surface area contributed by atoms with Crippen molar-refractivity contribution in [3.8, 4) is 0 Å². The third-order valence-corrected chi connectivity index (χ3v) is 2.64. The van der Waals surface area contributed by atoms with Crippen molar-refractivity contribution in [3.05, 3.63) is 25.3 Å². The fourth-order valence-electron chi connectivity index (χ4n) is 1.30. The molecule has 4 heteroatoms. The second-order valence-electron chi connectivity index (χ2n) is 3.75. The normalized spacial score (nSPS) is 11.4. The minimum absolute atomic E-state index is 0.0687. The van der Waals surface area contributed by atoms with Crippen molar-refractivity contribution < 1.29 is 33.6 Å². The Labute approximate surface area is 111 Å². The summed E-state index contributed by atoms with van der Waals surface area (Å²) < 4.78 is 16.3. The molecular weight excluding hydrogens is 240 g/mol. The average molecular weight is 261 g/mol. The van der Waals surface area contributed by atoms with Crippen molar-refractivity contribution >= 4 is 0 Å². The third kappa shape index (κ3) is 6.61. The Morgan fingerprint density at radius 3 is 1.88 bits per heavy atom. The van der Waals surface area contributed by atoms with Gasteiger partial charge in [-0.15, -0.1) is 0 Å². The molecule has 0 atom stereocenters. The summed E-state index contributed by atoms with van der Waals surface area (Å²) in [6.07, 6.45) is 4.45. The van der Waals surface area contributed by atoms with E-state index in [2.05, 4.69) is 20.1 Å². The van der Waals surface area contributed by atoms with Crippen LogP contribution in [0, 0.1) is 5.41 Å².